The Balaban J connectivity index is 1.77. The van der Waals surface area contributed by atoms with Crippen molar-refractivity contribution in [2.45, 2.75) is 19.8 Å². The minimum absolute atomic E-state index is 0.0455. The van der Waals surface area contributed by atoms with Crippen LogP contribution in [0.3, 0.4) is 0 Å². The van der Waals surface area contributed by atoms with Gasteiger partial charge in [0.15, 0.2) is 0 Å². The summed E-state index contributed by atoms with van der Waals surface area (Å²) in [5, 5.41) is 3.06. The lowest BCUT2D eigenvalue weighted by Crippen LogP contribution is -2.39. The van der Waals surface area contributed by atoms with Gasteiger partial charge in [0, 0.05) is 20.2 Å². The van der Waals surface area contributed by atoms with Gasteiger partial charge < -0.3 is 19.7 Å². The van der Waals surface area contributed by atoms with Crippen molar-refractivity contribution in [3.63, 3.8) is 0 Å². The lowest BCUT2D eigenvalue weighted by atomic mass is 9.96. The number of likely N-dealkylation sites (tertiary alicyclic amines) is 1. The molecule has 1 heterocycles. The van der Waals surface area contributed by atoms with Crippen LogP contribution in [-0.2, 0) is 4.74 Å². The number of hydrogen-bond acceptors (Lipinski definition) is 4. The molecule has 0 saturated carbocycles. The lowest BCUT2D eigenvalue weighted by Gasteiger charge is -2.31. The highest BCUT2D eigenvalue weighted by Crippen LogP contribution is 2.19. The van der Waals surface area contributed by atoms with Gasteiger partial charge in [0.2, 0.25) is 0 Å². The highest BCUT2D eigenvalue weighted by atomic mass is 16.5. The Morgan fingerprint density at radius 2 is 2.04 bits per heavy atom. The number of nitrogens with one attached hydrogen (secondary N) is 1. The van der Waals surface area contributed by atoms with Crippen LogP contribution >= 0.6 is 0 Å². The van der Waals surface area contributed by atoms with Crippen molar-refractivity contribution in [1.82, 2.24) is 10.2 Å². The number of ether oxygens (including phenoxy) is 2. The number of piperidine rings is 1. The zero-order valence-electron chi connectivity index (χ0n) is 14.2. The summed E-state index contributed by atoms with van der Waals surface area (Å²) in [6, 6.07) is 7.41. The first-order valence-corrected chi connectivity index (χ1v) is 8.46. The molecular weight excluding hydrogens is 292 g/mol. The summed E-state index contributed by atoms with van der Waals surface area (Å²) in [5.41, 5.74) is 0.617. The van der Waals surface area contributed by atoms with Crippen LogP contribution in [0.2, 0.25) is 0 Å². The molecule has 0 atom stereocenters. The first-order chi connectivity index (χ1) is 11.2. The monoisotopic (exact) mass is 320 g/mol. The SMILES string of the molecule is CCOc1ccccc1C(=O)NCC1CCN(CCOC)CC1. The van der Waals surface area contributed by atoms with Gasteiger partial charge in [0.25, 0.3) is 5.91 Å². The minimum atomic E-state index is -0.0455. The fourth-order valence-electron chi connectivity index (χ4n) is 2.90. The van der Waals surface area contributed by atoms with Gasteiger partial charge in [-0.05, 0) is 50.9 Å². The largest absolute Gasteiger partial charge is 0.493 e. The Morgan fingerprint density at radius 3 is 2.74 bits per heavy atom. The van der Waals surface area contributed by atoms with E-state index in [-0.39, 0.29) is 5.91 Å². The summed E-state index contributed by atoms with van der Waals surface area (Å²) < 4.78 is 10.6. The van der Waals surface area contributed by atoms with Crippen LogP contribution in [0, 0.1) is 5.92 Å². The van der Waals surface area contributed by atoms with E-state index in [0.717, 1.165) is 45.6 Å². The molecular formula is C18H28N2O3. The number of rotatable bonds is 8. The summed E-state index contributed by atoms with van der Waals surface area (Å²) in [5.74, 6) is 1.16. The third-order valence-corrected chi connectivity index (χ3v) is 4.30. The van der Waals surface area contributed by atoms with Gasteiger partial charge in [-0.3, -0.25) is 4.79 Å². The fourth-order valence-corrected chi connectivity index (χ4v) is 2.90. The molecule has 1 amide bonds. The number of benzene rings is 1. The van der Waals surface area contributed by atoms with Crippen LogP contribution in [0.15, 0.2) is 24.3 Å². The van der Waals surface area contributed by atoms with Crippen LogP contribution in [0.1, 0.15) is 30.1 Å². The first-order valence-electron chi connectivity index (χ1n) is 8.46. The molecule has 0 spiro atoms. The average molecular weight is 320 g/mol. The molecule has 1 aromatic carbocycles. The van der Waals surface area contributed by atoms with Gasteiger partial charge in [-0.2, -0.15) is 0 Å². The van der Waals surface area contributed by atoms with Crippen LogP contribution in [0.25, 0.3) is 0 Å². The summed E-state index contributed by atoms with van der Waals surface area (Å²) in [6.45, 7) is 7.17. The molecule has 1 aliphatic rings. The number of nitrogens with zero attached hydrogens (tertiary/aromatic N) is 1. The maximum absolute atomic E-state index is 12.4. The summed E-state index contributed by atoms with van der Waals surface area (Å²) in [7, 11) is 1.74. The maximum atomic E-state index is 12.4. The van der Waals surface area contributed by atoms with Crippen molar-refractivity contribution in [2.75, 3.05) is 46.5 Å². The van der Waals surface area contributed by atoms with Crippen LogP contribution < -0.4 is 10.1 Å². The zero-order chi connectivity index (χ0) is 16.5. The first kappa shape index (κ1) is 17.8. The molecule has 5 nitrogen and oxygen atoms in total. The molecule has 2 rings (SSSR count). The molecule has 23 heavy (non-hydrogen) atoms. The third-order valence-electron chi connectivity index (χ3n) is 4.30. The van der Waals surface area contributed by atoms with Gasteiger partial charge in [-0.1, -0.05) is 12.1 Å². The van der Waals surface area contributed by atoms with E-state index in [0.29, 0.717) is 23.8 Å². The van der Waals surface area contributed by atoms with Gasteiger partial charge >= 0.3 is 0 Å². The number of carbonyl (C=O) groups is 1. The van der Waals surface area contributed by atoms with Gasteiger partial charge in [0.05, 0.1) is 18.8 Å². The molecule has 1 aromatic rings. The normalized spacial score (nSPS) is 16.3. The van der Waals surface area contributed by atoms with Crippen LogP contribution in [-0.4, -0.2) is 57.3 Å². The molecule has 1 saturated heterocycles. The van der Waals surface area contributed by atoms with E-state index in [9.17, 15) is 4.79 Å². The van der Waals surface area contributed by atoms with E-state index in [1.807, 2.05) is 31.2 Å². The van der Waals surface area contributed by atoms with E-state index in [1.165, 1.54) is 0 Å². The van der Waals surface area contributed by atoms with Crippen molar-refractivity contribution in [3.05, 3.63) is 29.8 Å². The number of carbonyl (C=O) groups excluding carboxylic acids is 1. The molecule has 1 fully saturated rings. The number of amides is 1. The summed E-state index contributed by atoms with van der Waals surface area (Å²) in [4.78, 5) is 14.8. The second-order valence-corrected chi connectivity index (χ2v) is 5.92. The molecule has 1 aliphatic heterocycles. The molecule has 0 aromatic heterocycles. The molecule has 0 bridgehead atoms. The minimum Gasteiger partial charge on any atom is -0.493 e. The van der Waals surface area contributed by atoms with E-state index in [4.69, 9.17) is 9.47 Å². The predicted octanol–water partition coefficient (Wildman–Crippen LogP) is 2.17. The van der Waals surface area contributed by atoms with Crippen molar-refractivity contribution in [3.8, 4) is 5.75 Å². The van der Waals surface area contributed by atoms with Crippen molar-refractivity contribution in [1.29, 1.82) is 0 Å². The molecule has 0 unspecified atom stereocenters. The topological polar surface area (TPSA) is 50.8 Å². The molecule has 0 aliphatic carbocycles. The Labute approximate surface area is 139 Å². The highest BCUT2D eigenvalue weighted by molar-refractivity contribution is 5.96. The second kappa shape index (κ2) is 9.53. The third kappa shape index (κ3) is 5.52. The Morgan fingerprint density at radius 1 is 1.30 bits per heavy atom. The predicted molar refractivity (Wildman–Crippen MR) is 91.0 cm³/mol. The lowest BCUT2D eigenvalue weighted by molar-refractivity contribution is 0.0922. The zero-order valence-corrected chi connectivity index (χ0v) is 14.2. The number of para-hydroxylation sites is 1. The Kier molecular flexibility index (Phi) is 7.36. The van der Waals surface area contributed by atoms with E-state index in [1.54, 1.807) is 7.11 Å². The fraction of sp³-hybridized carbons (Fsp3) is 0.611. The Bertz CT molecular complexity index is 485. The summed E-state index contributed by atoms with van der Waals surface area (Å²) >= 11 is 0. The van der Waals surface area contributed by atoms with E-state index >= 15 is 0 Å². The van der Waals surface area contributed by atoms with E-state index in [2.05, 4.69) is 10.2 Å². The average Bonchev–Trinajstić information content (AvgIpc) is 2.59. The quantitative estimate of drug-likeness (QED) is 0.797. The number of hydrogen-bond donors (Lipinski definition) is 1. The second-order valence-electron chi connectivity index (χ2n) is 5.92. The van der Waals surface area contributed by atoms with E-state index < -0.39 is 0 Å². The van der Waals surface area contributed by atoms with Gasteiger partial charge in [0.1, 0.15) is 5.75 Å². The van der Waals surface area contributed by atoms with Crippen molar-refractivity contribution in [2.24, 2.45) is 5.92 Å². The smallest absolute Gasteiger partial charge is 0.255 e. The van der Waals surface area contributed by atoms with Crippen molar-refractivity contribution < 1.29 is 14.3 Å². The molecule has 0 radical (unpaired) electrons. The van der Waals surface area contributed by atoms with Gasteiger partial charge in [-0.15, -0.1) is 0 Å². The molecule has 5 heteroatoms. The molecule has 1 N–H and O–H groups in total. The number of methoxy groups -OCH3 is 1. The highest BCUT2D eigenvalue weighted by Gasteiger charge is 2.20. The van der Waals surface area contributed by atoms with Crippen molar-refractivity contribution >= 4 is 5.91 Å². The summed E-state index contributed by atoms with van der Waals surface area (Å²) in [6.07, 6.45) is 2.24. The van der Waals surface area contributed by atoms with Crippen LogP contribution in [0.4, 0.5) is 0 Å². The standard InChI is InChI=1S/C18H28N2O3/c1-3-23-17-7-5-4-6-16(17)18(21)19-14-15-8-10-20(11-9-15)12-13-22-2/h4-7,15H,3,8-14H2,1-2H3,(H,19,21). The Hall–Kier alpha value is -1.59. The van der Waals surface area contributed by atoms with Crippen LogP contribution in [0.5, 0.6) is 5.75 Å². The maximum Gasteiger partial charge on any atom is 0.255 e. The van der Waals surface area contributed by atoms with Gasteiger partial charge in [-0.25, -0.2) is 0 Å². The molecule has 128 valence electrons.